The summed E-state index contributed by atoms with van der Waals surface area (Å²) in [6, 6.07) is 9.76. The maximum absolute atomic E-state index is 12.7. The molecule has 2 N–H and O–H groups in total. The average molecular weight is 484 g/mol. The molecule has 1 aliphatic carbocycles. The third-order valence-corrected chi connectivity index (χ3v) is 7.87. The van der Waals surface area contributed by atoms with Crippen molar-refractivity contribution >= 4 is 39.6 Å². The number of anilines is 1. The molecule has 5 rings (SSSR count). The molecule has 1 aliphatic heterocycles. The van der Waals surface area contributed by atoms with Gasteiger partial charge >= 0.3 is 0 Å². The van der Waals surface area contributed by atoms with Crippen molar-refractivity contribution in [2.45, 2.75) is 37.5 Å². The molecule has 1 aromatic carbocycles. The number of thiazole rings is 1. The minimum atomic E-state index is -0.182. The van der Waals surface area contributed by atoms with E-state index in [2.05, 4.69) is 27.8 Å². The smallest absolute Gasteiger partial charge is 0.267 e. The van der Waals surface area contributed by atoms with Crippen molar-refractivity contribution in [3.63, 3.8) is 0 Å². The largest absolute Gasteiger partial charge is 0.486 e. The second-order valence-corrected chi connectivity index (χ2v) is 10.2. The van der Waals surface area contributed by atoms with E-state index in [0.717, 1.165) is 37.2 Å². The van der Waals surface area contributed by atoms with Gasteiger partial charge in [0.25, 0.3) is 5.91 Å². The lowest BCUT2D eigenvalue weighted by Crippen LogP contribution is -2.39. The SMILES string of the molecule is O=C(Cc1csc(NC(=O)c2cccs2)n1)NCC1(c2ccc3c(c2)OCCO3)CCCC1. The number of nitrogens with zero attached hydrogens (tertiary/aromatic N) is 1. The zero-order chi connectivity index (χ0) is 22.7. The van der Waals surface area contributed by atoms with Gasteiger partial charge in [-0.1, -0.05) is 25.0 Å². The van der Waals surface area contributed by atoms with Crippen LogP contribution in [0, 0.1) is 0 Å². The number of carbonyl (C=O) groups is 2. The topological polar surface area (TPSA) is 89.6 Å². The van der Waals surface area contributed by atoms with Gasteiger partial charge in [-0.15, -0.1) is 22.7 Å². The lowest BCUT2D eigenvalue weighted by molar-refractivity contribution is -0.120. The molecule has 9 heteroatoms. The molecule has 0 saturated heterocycles. The number of ether oxygens (including phenoxy) is 2. The molecule has 3 aromatic rings. The Morgan fingerprint density at radius 2 is 1.88 bits per heavy atom. The first-order chi connectivity index (χ1) is 16.1. The van der Waals surface area contributed by atoms with Crippen LogP contribution < -0.4 is 20.1 Å². The third-order valence-electron chi connectivity index (χ3n) is 6.20. The van der Waals surface area contributed by atoms with E-state index in [4.69, 9.17) is 9.47 Å². The molecular formula is C24H25N3O4S2. The van der Waals surface area contributed by atoms with Crippen molar-refractivity contribution in [1.82, 2.24) is 10.3 Å². The number of hydrogen-bond acceptors (Lipinski definition) is 7. The van der Waals surface area contributed by atoms with Gasteiger partial charge in [-0.25, -0.2) is 4.98 Å². The van der Waals surface area contributed by atoms with E-state index in [0.29, 0.717) is 35.5 Å². The molecule has 2 aliphatic rings. The lowest BCUT2D eigenvalue weighted by Gasteiger charge is -2.31. The molecule has 172 valence electrons. The van der Waals surface area contributed by atoms with E-state index in [1.165, 1.54) is 28.2 Å². The number of amides is 2. The Hall–Kier alpha value is -2.91. The standard InChI is InChI=1S/C24H25N3O4S2/c28-21(13-17-14-33-23(26-17)27-22(29)20-4-3-11-32-20)25-15-24(7-1-2-8-24)16-5-6-18-19(12-16)31-10-9-30-18/h3-6,11-12,14H,1-2,7-10,13,15H2,(H,25,28)(H,26,27,29). The summed E-state index contributed by atoms with van der Waals surface area (Å²) in [5, 5.41) is 10.1. The molecule has 0 unspecified atom stereocenters. The maximum Gasteiger partial charge on any atom is 0.267 e. The summed E-state index contributed by atoms with van der Waals surface area (Å²) < 4.78 is 11.4. The van der Waals surface area contributed by atoms with Crippen LogP contribution in [0.2, 0.25) is 0 Å². The van der Waals surface area contributed by atoms with E-state index in [9.17, 15) is 9.59 Å². The molecule has 0 bridgehead atoms. The van der Waals surface area contributed by atoms with Crippen LogP contribution >= 0.6 is 22.7 Å². The summed E-state index contributed by atoms with van der Waals surface area (Å²) in [6.45, 7) is 1.71. The minimum absolute atomic E-state index is 0.0692. The highest BCUT2D eigenvalue weighted by molar-refractivity contribution is 7.14. The summed E-state index contributed by atoms with van der Waals surface area (Å²) in [6.07, 6.45) is 4.53. The monoisotopic (exact) mass is 483 g/mol. The second-order valence-electron chi connectivity index (χ2n) is 8.37. The van der Waals surface area contributed by atoms with Crippen LogP contribution in [0.4, 0.5) is 5.13 Å². The van der Waals surface area contributed by atoms with Gasteiger partial charge in [0.1, 0.15) is 13.2 Å². The Morgan fingerprint density at radius 3 is 2.67 bits per heavy atom. The first-order valence-corrected chi connectivity index (χ1v) is 12.8. The van der Waals surface area contributed by atoms with Crippen molar-refractivity contribution in [2.24, 2.45) is 0 Å². The predicted molar refractivity (Wildman–Crippen MR) is 129 cm³/mol. The Kier molecular flexibility index (Phi) is 6.32. The molecule has 0 radical (unpaired) electrons. The molecule has 3 heterocycles. The van der Waals surface area contributed by atoms with E-state index in [-0.39, 0.29) is 23.7 Å². The third kappa shape index (κ3) is 4.89. The normalized spacial score (nSPS) is 16.4. The molecule has 0 spiro atoms. The first-order valence-electron chi connectivity index (χ1n) is 11.1. The van der Waals surface area contributed by atoms with Crippen molar-refractivity contribution in [3.05, 3.63) is 57.2 Å². The lowest BCUT2D eigenvalue weighted by atomic mass is 9.78. The van der Waals surface area contributed by atoms with Gasteiger partial charge in [0.05, 0.1) is 17.0 Å². The fraction of sp³-hybridized carbons (Fsp3) is 0.375. The number of nitrogens with one attached hydrogen (secondary N) is 2. The Bertz CT molecular complexity index is 1140. The Morgan fingerprint density at radius 1 is 1.06 bits per heavy atom. The van der Waals surface area contributed by atoms with Crippen molar-refractivity contribution in [2.75, 3.05) is 25.1 Å². The highest BCUT2D eigenvalue weighted by atomic mass is 32.1. The van der Waals surface area contributed by atoms with Crippen LogP contribution in [0.3, 0.4) is 0 Å². The number of fused-ring (bicyclic) bond motifs is 1. The molecule has 1 saturated carbocycles. The van der Waals surface area contributed by atoms with Crippen LogP contribution in [0.15, 0.2) is 41.1 Å². The van der Waals surface area contributed by atoms with Crippen LogP contribution in [-0.2, 0) is 16.6 Å². The average Bonchev–Trinajstić information content (AvgIpc) is 3.60. The van der Waals surface area contributed by atoms with Gasteiger partial charge in [0.15, 0.2) is 16.6 Å². The van der Waals surface area contributed by atoms with Gasteiger partial charge in [0.2, 0.25) is 5.91 Å². The van der Waals surface area contributed by atoms with Gasteiger partial charge in [-0.3, -0.25) is 14.9 Å². The van der Waals surface area contributed by atoms with Crippen molar-refractivity contribution in [3.8, 4) is 11.5 Å². The molecule has 0 atom stereocenters. The van der Waals surface area contributed by atoms with Crippen LogP contribution in [-0.4, -0.2) is 36.6 Å². The van der Waals surface area contributed by atoms with Gasteiger partial charge in [-0.2, -0.15) is 0 Å². The molecule has 1 fully saturated rings. The zero-order valence-electron chi connectivity index (χ0n) is 18.1. The Balaban J connectivity index is 1.20. The number of hydrogen-bond donors (Lipinski definition) is 2. The predicted octanol–water partition coefficient (Wildman–Crippen LogP) is 4.40. The summed E-state index contributed by atoms with van der Waals surface area (Å²) >= 11 is 2.70. The van der Waals surface area contributed by atoms with E-state index in [1.54, 1.807) is 6.07 Å². The molecule has 7 nitrogen and oxygen atoms in total. The Labute approximate surface area is 200 Å². The zero-order valence-corrected chi connectivity index (χ0v) is 19.7. The molecule has 2 aromatic heterocycles. The van der Waals surface area contributed by atoms with Crippen molar-refractivity contribution < 1.29 is 19.1 Å². The summed E-state index contributed by atoms with van der Waals surface area (Å²) in [4.78, 5) is 29.9. The molecule has 2 amide bonds. The second kappa shape index (κ2) is 9.52. The van der Waals surface area contributed by atoms with Gasteiger partial charge in [-0.05, 0) is 42.0 Å². The first kappa shape index (κ1) is 21.9. The quantitative estimate of drug-likeness (QED) is 0.520. The fourth-order valence-corrected chi connectivity index (χ4v) is 5.82. The number of rotatable bonds is 7. The fourth-order valence-electron chi connectivity index (χ4n) is 4.50. The number of benzene rings is 1. The summed E-state index contributed by atoms with van der Waals surface area (Å²) in [5.74, 6) is 1.32. The number of carbonyl (C=O) groups excluding carboxylic acids is 2. The van der Waals surface area contributed by atoms with Gasteiger partial charge in [0, 0.05) is 17.3 Å². The molecular weight excluding hydrogens is 458 g/mol. The van der Waals surface area contributed by atoms with E-state index < -0.39 is 0 Å². The van der Waals surface area contributed by atoms with E-state index in [1.807, 2.05) is 22.9 Å². The minimum Gasteiger partial charge on any atom is -0.486 e. The van der Waals surface area contributed by atoms with Crippen LogP contribution in [0.5, 0.6) is 11.5 Å². The molecule has 33 heavy (non-hydrogen) atoms. The summed E-state index contributed by atoms with van der Waals surface area (Å²) in [7, 11) is 0. The highest BCUT2D eigenvalue weighted by Gasteiger charge is 2.36. The van der Waals surface area contributed by atoms with Crippen molar-refractivity contribution in [1.29, 1.82) is 0 Å². The van der Waals surface area contributed by atoms with Gasteiger partial charge < -0.3 is 14.8 Å². The van der Waals surface area contributed by atoms with Crippen LogP contribution in [0.1, 0.15) is 46.6 Å². The number of aromatic nitrogens is 1. The maximum atomic E-state index is 12.7. The summed E-state index contributed by atoms with van der Waals surface area (Å²) in [5.41, 5.74) is 1.75. The highest BCUT2D eigenvalue weighted by Crippen LogP contribution is 2.43. The van der Waals surface area contributed by atoms with Crippen LogP contribution in [0.25, 0.3) is 0 Å². The number of thiophene rings is 1. The van der Waals surface area contributed by atoms with E-state index >= 15 is 0 Å².